The van der Waals surface area contributed by atoms with Crippen molar-refractivity contribution in [2.75, 3.05) is 5.32 Å². The number of benzene rings is 1. The summed E-state index contributed by atoms with van der Waals surface area (Å²) in [4.78, 5) is 31.5. The predicted octanol–water partition coefficient (Wildman–Crippen LogP) is 3.30. The third-order valence-corrected chi connectivity index (χ3v) is 5.89. The molecule has 2 N–H and O–H groups in total. The first kappa shape index (κ1) is 17.9. The minimum absolute atomic E-state index is 0.0859. The van der Waals surface area contributed by atoms with Gasteiger partial charge in [-0.15, -0.1) is 0 Å². The van der Waals surface area contributed by atoms with Crippen LogP contribution < -0.4 is 10.9 Å². The van der Waals surface area contributed by atoms with Gasteiger partial charge in [0, 0.05) is 23.1 Å². The van der Waals surface area contributed by atoms with Gasteiger partial charge in [0.1, 0.15) is 11.6 Å². The quantitative estimate of drug-likeness (QED) is 0.612. The number of thioether (sulfide) groups is 2. The van der Waals surface area contributed by atoms with E-state index in [4.69, 9.17) is 0 Å². The lowest BCUT2D eigenvalue weighted by molar-refractivity contribution is -0.115. The Bertz CT molecular complexity index is 873. The highest BCUT2D eigenvalue weighted by molar-refractivity contribution is 8.00. The third kappa shape index (κ3) is 4.04. The first-order valence-electron chi connectivity index (χ1n) is 7.60. The number of carbonyl (C=O) groups is 1. The lowest BCUT2D eigenvalue weighted by atomic mass is 10.2. The Balaban J connectivity index is 1.75. The summed E-state index contributed by atoms with van der Waals surface area (Å²) < 4.78 is 26.6. The number of H-pyrrole nitrogens is 1. The molecule has 0 saturated heterocycles. The number of amides is 1. The topological polar surface area (TPSA) is 74.8 Å². The Morgan fingerprint density at radius 1 is 1.44 bits per heavy atom. The number of fused-ring (bicyclic) bond motifs is 1. The molecule has 1 aliphatic heterocycles. The van der Waals surface area contributed by atoms with Gasteiger partial charge in [0.05, 0.1) is 16.6 Å². The molecule has 9 heteroatoms. The molecular formula is C16H15F2N3O2S2. The standard InChI is InChI=1S/C16H15F2N3O2S2/c1-2-13(15(23)19-11-4-3-8(17)5-10(11)18)25-16-20-12-7-24-6-9(12)14(22)21-16/h3-5,13H,2,6-7H2,1H3,(H,19,23)(H,20,21,22). The van der Waals surface area contributed by atoms with E-state index in [9.17, 15) is 18.4 Å². The minimum Gasteiger partial charge on any atom is -0.323 e. The van der Waals surface area contributed by atoms with Crippen LogP contribution in [0.5, 0.6) is 0 Å². The van der Waals surface area contributed by atoms with E-state index in [-0.39, 0.29) is 11.2 Å². The molecular weight excluding hydrogens is 368 g/mol. The van der Waals surface area contributed by atoms with E-state index >= 15 is 0 Å². The van der Waals surface area contributed by atoms with Crippen LogP contribution in [0.25, 0.3) is 0 Å². The summed E-state index contributed by atoms with van der Waals surface area (Å²) in [6, 6.07) is 2.96. The van der Waals surface area contributed by atoms with Crippen LogP contribution in [0.3, 0.4) is 0 Å². The van der Waals surface area contributed by atoms with Crippen molar-refractivity contribution in [1.82, 2.24) is 9.97 Å². The SMILES string of the molecule is CCC(Sc1nc2c(c(=O)[nH]1)CSC2)C(=O)Nc1ccc(F)cc1F. The smallest absolute Gasteiger partial charge is 0.255 e. The van der Waals surface area contributed by atoms with E-state index in [1.54, 1.807) is 18.7 Å². The lowest BCUT2D eigenvalue weighted by Crippen LogP contribution is -2.26. The number of carbonyl (C=O) groups excluding carboxylic acids is 1. The van der Waals surface area contributed by atoms with Crippen LogP contribution in [-0.2, 0) is 16.3 Å². The van der Waals surface area contributed by atoms with Crippen molar-refractivity contribution in [3.63, 3.8) is 0 Å². The molecule has 0 spiro atoms. The Labute approximate surface area is 151 Å². The van der Waals surface area contributed by atoms with E-state index in [1.165, 1.54) is 6.07 Å². The summed E-state index contributed by atoms with van der Waals surface area (Å²) >= 11 is 2.74. The Morgan fingerprint density at radius 3 is 2.96 bits per heavy atom. The van der Waals surface area contributed by atoms with Crippen LogP contribution in [0.15, 0.2) is 28.2 Å². The first-order valence-corrected chi connectivity index (χ1v) is 9.63. The van der Waals surface area contributed by atoms with Gasteiger partial charge in [0.2, 0.25) is 5.91 Å². The number of nitrogens with one attached hydrogen (secondary N) is 2. The molecule has 0 radical (unpaired) electrons. The summed E-state index contributed by atoms with van der Waals surface area (Å²) in [6.45, 7) is 1.81. The molecule has 2 heterocycles. The van der Waals surface area contributed by atoms with Gasteiger partial charge in [-0.3, -0.25) is 9.59 Å². The average Bonchev–Trinajstić information content (AvgIpc) is 3.04. The molecule has 0 fully saturated rings. The normalized spacial score (nSPS) is 14.2. The molecule has 5 nitrogen and oxygen atoms in total. The highest BCUT2D eigenvalue weighted by Crippen LogP contribution is 2.29. The molecule has 1 amide bonds. The van der Waals surface area contributed by atoms with Crippen molar-refractivity contribution < 1.29 is 13.6 Å². The molecule has 1 atom stereocenters. The van der Waals surface area contributed by atoms with E-state index in [1.807, 2.05) is 0 Å². The molecule has 3 rings (SSSR count). The summed E-state index contributed by atoms with van der Waals surface area (Å²) in [5.41, 5.74) is 1.16. The summed E-state index contributed by atoms with van der Waals surface area (Å²) in [5, 5.41) is 2.25. The zero-order chi connectivity index (χ0) is 18.0. The molecule has 25 heavy (non-hydrogen) atoms. The molecule has 1 unspecified atom stereocenters. The number of hydrogen-bond acceptors (Lipinski definition) is 5. The average molecular weight is 383 g/mol. The number of halogens is 2. The zero-order valence-electron chi connectivity index (χ0n) is 13.3. The minimum atomic E-state index is -0.839. The highest BCUT2D eigenvalue weighted by Gasteiger charge is 2.23. The number of aromatic nitrogens is 2. The van der Waals surface area contributed by atoms with Crippen molar-refractivity contribution >= 4 is 35.1 Å². The van der Waals surface area contributed by atoms with Crippen LogP contribution >= 0.6 is 23.5 Å². The number of aromatic amines is 1. The molecule has 2 aromatic rings. The van der Waals surface area contributed by atoms with Gasteiger partial charge in [-0.1, -0.05) is 18.7 Å². The number of anilines is 1. The van der Waals surface area contributed by atoms with Gasteiger partial charge in [-0.25, -0.2) is 13.8 Å². The largest absolute Gasteiger partial charge is 0.323 e. The van der Waals surface area contributed by atoms with Crippen LogP contribution in [-0.4, -0.2) is 21.1 Å². The van der Waals surface area contributed by atoms with Gasteiger partial charge in [-0.05, 0) is 18.6 Å². The molecule has 0 aliphatic carbocycles. The first-order chi connectivity index (χ1) is 12.0. The molecule has 1 aliphatic rings. The maximum atomic E-state index is 13.7. The Morgan fingerprint density at radius 2 is 2.24 bits per heavy atom. The van der Waals surface area contributed by atoms with E-state index in [0.717, 1.165) is 23.5 Å². The van der Waals surface area contributed by atoms with Crippen molar-refractivity contribution in [3.8, 4) is 0 Å². The fourth-order valence-electron chi connectivity index (χ4n) is 2.36. The van der Waals surface area contributed by atoms with E-state index in [0.29, 0.717) is 34.7 Å². The molecule has 0 bridgehead atoms. The zero-order valence-corrected chi connectivity index (χ0v) is 14.9. The van der Waals surface area contributed by atoms with Crippen LogP contribution in [0.1, 0.15) is 24.6 Å². The van der Waals surface area contributed by atoms with Crippen LogP contribution in [0.4, 0.5) is 14.5 Å². The number of rotatable bonds is 5. The molecule has 1 aromatic heterocycles. The van der Waals surface area contributed by atoms with E-state index < -0.39 is 22.8 Å². The predicted molar refractivity (Wildman–Crippen MR) is 94.8 cm³/mol. The summed E-state index contributed by atoms with van der Waals surface area (Å²) in [7, 11) is 0. The van der Waals surface area contributed by atoms with Crippen LogP contribution in [0.2, 0.25) is 0 Å². The number of nitrogens with zero attached hydrogens (tertiary/aromatic N) is 1. The fourth-order valence-corrected chi connectivity index (χ4v) is 4.31. The maximum Gasteiger partial charge on any atom is 0.255 e. The summed E-state index contributed by atoms with van der Waals surface area (Å²) in [6.07, 6.45) is 0.453. The van der Waals surface area contributed by atoms with E-state index in [2.05, 4.69) is 15.3 Å². The Hall–Kier alpha value is -1.87. The van der Waals surface area contributed by atoms with Gasteiger partial charge >= 0.3 is 0 Å². The van der Waals surface area contributed by atoms with Gasteiger partial charge < -0.3 is 10.3 Å². The highest BCUT2D eigenvalue weighted by atomic mass is 32.2. The van der Waals surface area contributed by atoms with Crippen molar-refractivity contribution in [3.05, 3.63) is 51.4 Å². The second-order valence-electron chi connectivity index (χ2n) is 5.42. The van der Waals surface area contributed by atoms with Crippen molar-refractivity contribution in [2.45, 2.75) is 35.3 Å². The van der Waals surface area contributed by atoms with Crippen molar-refractivity contribution in [1.29, 1.82) is 0 Å². The second-order valence-corrected chi connectivity index (χ2v) is 7.59. The molecule has 1 aromatic carbocycles. The van der Waals surface area contributed by atoms with Gasteiger partial charge in [-0.2, -0.15) is 11.8 Å². The van der Waals surface area contributed by atoms with Gasteiger partial charge in [0.25, 0.3) is 5.56 Å². The fraction of sp³-hybridized carbons (Fsp3) is 0.312. The van der Waals surface area contributed by atoms with Gasteiger partial charge in [0.15, 0.2) is 5.16 Å². The molecule has 132 valence electrons. The second kappa shape index (κ2) is 7.57. The number of hydrogen-bond donors (Lipinski definition) is 2. The summed E-state index contributed by atoms with van der Waals surface area (Å²) in [5.74, 6) is -0.666. The monoisotopic (exact) mass is 383 g/mol. The molecule has 0 saturated carbocycles. The van der Waals surface area contributed by atoms with Crippen molar-refractivity contribution in [2.24, 2.45) is 0 Å². The lowest BCUT2D eigenvalue weighted by Gasteiger charge is -2.15. The third-order valence-electron chi connectivity index (χ3n) is 3.67. The Kier molecular flexibility index (Phi) is 5.43. The maximum absolute atomic E-state index is 13.7. The van der Waals surface area contributed by atoms with Crippen LogP contribution in [0, 0.1) is 11.6 Å².